The van der Waals surface area contributed by atoms with E-state index >= 15 is 0 Å². The third-order valence-electron chi connectivity index (χ3n) is 2.73. The van der Waals surface area contributed by atoms with Crippen LogP contribution in [0.1, 0.15) is 19.8 Å². The second kappa shape index (κ2) is 4.68. The van der Waals surface area contributed by atoms with Gasteiger partial charge in [0.25, 0.3) is 0 Å². The predicted octanol–water partition coefficient (Wildman–Crippen LogP) is 1.44. The Balaban J connectivity index is 2.51. The molecule has 0 spiro atoms. The van der Waals surface area contributed by atoms with Gasteiger partial charge in [-0.3, -0.25) is 9.69 Å². The second-order valence-electron chi connectivity index (χ2n) is 3.64. The Morgan fingerprint density at radius 1 is 1.64 bits per heavy atom. The summed E-state index contributed by atoms with van der Waals surface area (Å²) in [4.78, 5) is 12.4. The Morgan fingerprint density at radius 3 is 2.64 bits per heavy atom. The molecule has 1 fully saturated rings. The first kappa shape index (κ1) is 11.4. The lowest BCUT2D eigenvalue weighted by molar-refractivity contribution is -0.143. The minimum Gasteiger partial charge on any atom is -0.480 e. The van der Waals surface area contributed by atoms with E-state index in [1.54, 1.807) is 11.8 Å². The lowest BCUT2D eigenvalue weighted by Crippen LogP contribution is -2.39. The van der Waals surface area contributed by atoms with Gasteiger partial charge in [-0.2, -0.15) is 0 Å². The number of carboxylic acid groups (broad SMARTS) is 1. The molecule has 1 saturated heterocycles. The molecule has 0 radical (unpaired) electrons. The fraction of sp³-hybridized carbons (Fsp3) is 0.889. The summed E-state index contributed by atoms with van der Waals surface area (Å²) in [7, 11) is 0. The molecule has 1 N–H and O–H groups in total. The molecular formula is C9H15F2NO2. The van der Waals surface area contributed by atoms with Crippen LogP contribution in [0.5, 0.6) is 0 Å². The fourth-order valence-electron chi connectivity index (χ4n) is 1.89. The molecule has 2 atom stereocenters. The van der Waals surface area contributed by atoms with Crippen LogP contribution in [0.3, 0.4) is 0 Å². The van der Waals surface area contributed by atoms with Crippen LogP contribution in [-0.2, 0) is 4.79 Å². The normalized spacial score (nSPS) is 25.6. The molecule has 0 unspecified atom stereocenters. The van der Waals surface area contributed by atoms with Gasteiger partial charge in [0.2, 0.25) is 6.43 Å². The van der Waals surface area contributed by atoms with E-state index in [0.717, 1.165) is 0 Å². The Bertz CT molecular complexity index is 211. The number of carboxylic acids is 1. The van der Waals surface area contributed by atoms with Crippen molar-refractivity contribution in [3.05, 3.63) is 0 Å². The molecule has 1 aliphatic rings. The van der Waals surface area contributed by atoms with Crippen molar-refractivity contribution in [3.8, 4) is 0 Å². The Labute approximate surface area is 81.7 Å². The predicted molar refractivity (Wildman–Crippen MR) is 47.4 cm³/mol. The third kappa shape index (κ3) is 2.41. The second-order valence-corrected chi connectivity index (χ2v) is 3.64. The third-order valence-corrected chi connectivity index (χ3v) is 2.73. The molecule has 0 amide bonds. The van der Waals surface area contributed by atoms with Crippen LogP contribution in [0.25, 0.3) is 0 Å². The lowest BCUT2D eigenvalue weighted by atomic mass is 10.1. The van der Waals surface area contributed by atoms with E-state index in [2.05, 4.69) is 0 Å². The van der Waals surface area contributed by atoms with Crippen LogP contribution in [-0.4, -0.2) is 41.5 Å². The number of halogens is 2. The Hall–Kier alpha value is -0.710. The molecule has 82 valence electrons. The van der Waals surface area contributed by atoms with Crippen LogP contribution in [0.4, 0.5) is 8.78 Å². The number of alkyl halides is 2. The maximum absolute atomic E-state index is 12.3. The molecular weight excluding hydrogens is 192 g/mol. The largest absolute Gasteiger partial charge is 0.480 e. The number of likely N-dealkylation sites (tertiary alicyclic amines) is 1. The molecule has 1 rings (SSSR count). The Morgan fingerprint density at radius 2 is 2.29 bits per heavy atom. The topological polar surface area (TPSA) is 40.5 Å². The molecule has 1 heterocycles. The highest BCUT2D eigenvalue weighted by atomic mass is 19.3. The van der Waals surface area contributed by atoms with Crippen molar-refractivity contribution < 1.29 is 18.7 Å². The molecule has 0 aromatic heterocycles. The average molecular weight is 207 g/mol. The molecule has 0 bridgehead atoms. The molecule has 0 saturated carbocycles. The van der Waals surface area contributed by atoms with E-state index in [0.29, 0.717) is 19.4 Å². The number of hydrogen-bond donors (Lipinski definition) is 1. The smallest absolute Gasteiger partial charge is 0.320 e. The summed E-state index contributed by atoms with van der Waals surface area (Å²) in [5.74, 6) is -1.56. The minimum atomic E-state index is -2.33. The summed E-state index contributed by atoms with van der Waals surface area (Å²) in [5, 5.41) is 8.83. The van der Waals surface area contributed by atoms with Crippen molar-refractivity contribution in [2.24, 2.45) is 5.92 Å². The van der Waals surface area contributed by atoms with E-state index in [1.165, 1.54) is 0 Å². The van der Waals surface area contributed by atoms with Crippen molar-refractivity contribution >= 4 is 5.97 Å². The summed E-state index contributed by atoms with van der Waals surface area (Å²) in [6.07, 6.45) is -1.46. The summed E-state index contributed by atoms with van der Waals surface area (Å²) in [6.45, 7) is 2.44. The number of hydrogen-bond acceptors (Lipinski definition) is 2. The highest BCUT2D eigenvalue weighted by molar-refractivity contribution is 5.73. The highest BCUT2D eigenvalue weighted by Crippen LogP contribution is 2.25. The molecule has 5 heteroatoms. The van der Waals surface area contributed by atoms with Crippen molar-refractivity contribution in [3.63, 3.8) is 0 Å². The van der Waals surface area contributed by atoms with Crippen molar-refractivity contribution in [1.29, 1.82) is 0 Å². The standard InChI is InChI=1S/C9H15F2NO2/c1-2-7(9(13)14)12-4-3-6(5-12)8(10)11/h6-8H,2-5H2,1H3,(H,13,14)/t6-,7+/m1/s1. The number of carbonyl (C=O) groups is 1. The summed E-state index contributed by atoms with van der Waals surface area (Å²) < 4.78 is 24.6. The van der Waals surface area contributed by atoms with Crippen LogP contribution in [0.2, 0.25) is 0 Å². The van der Waals surface area contributed by atoms with Gasteiger partial charge in [-0.1, -0.05) is 6.92 Å². The molecule has 0 aromatic rings. The van der Waals surface area contributed by atoms with Crippen LogP contribution in [0.15, 0.2) is 0 Å². The summed E-state index contributed by atoms with van der Waals surface area (Å²) in [5.41, 5.74) is 0. The van der Waals surface area contributed by atoms with Gasteiger partial charge in [-0.05, 0) is 19.4 Å². The lowest BCUT2D eigenvalue weighted by Gasteiger charge is -2.22. The van der Waals surface area contributed by atoms with Gasteiger partial charge in [0.1, 0.15) is 6.04 Å². The first-order chi connectivity index (χ1) is 6.56. The van der Waals surface area contributed by atoms with Crippen LogP contribution in [0, 0.1) is 5.92 Å². The van der Waals surface area contributed by atoms with Gasteiger partial charge in [0.15, 0.2) is 0 Å². The quantitative estimate of drug-likeness (QED) is 0.758. The highest BCUT2D eigenvalue weighted by Gasteiger charge is 2.34. The van der Waals surface area contributed by atoms with Gasteiger partial charge in [-0.25, -0.2) is 8.78 Å². The van der Waals surface area contributed by atoms with Gasteiger partial charge < -0.3 is 5.11 Å². The number of rotatable bonds is 4. The maximum Gasteiger partial charge on any atom is 0.320 e. The van der Waals surface area contributed by atoms with Gasteiger partial charge in [0.05, 0.1) is 0 Å². The van der Waals surface area contributed by atoms with E-state index < -0.39 is 24.4 Å². The first-order valence-corrected chi connectivity index (χ1v) is 4.81. The van der Waals surface area contributed by atoms with Crippen molar-refractivity contribution in [1.82, 2.24) is 4.90 Å². The zero-order valence-corrected chi connectivity index (χ0v) is 8.12. The maximum atomic E-state index is 12.3. The first-order valence-electron chi connectivity index (χ1n) is 4.81. The van der Waals surface area contributed by atoms with E-state index in [1.807, 2.05) is 0 Å². The average Bonchev–Trinajstić information content (AvgIpc) is 2.53. The van der Waals surface area contributed by atoms with Crippen molar-refractivity contribution in [2.45, 2.75) is 32.2 Å². The number of nitrogens with zero attached hydrogens (tertiary/aromatic N) is 1. The molecule has 3 nitrogen and oxygen atoms in total. The molecule has 1 aliphatic heterocycles. The number of aliphatic carboxylic acids is 1. The van der Waals surface area contributed by atoms with E-state index in [9.17, 15) is 13.6 Å². The van der Waals surface area contributed by atoms with Gasteiger partial charge >= 0.3 is 5.97 Å². The fourth-order valence-corrected chi connectivity index (χ4v) is 1.89. The molecule has 14 heavy (non-hydrogen) atoms. The van der Waals surface area contributed by atoms with Crippen LogP contribution < -0.4 is 0 Å². The van der Waals surface area contributed by atoms with Gasteiger partial charge in [-0.15, -0.1) is 0 Å². The minimum absolute atomic E-state index is 0.211. The SMILES string of the molecule is CC[C@@H](C(=O)O)N1CC[C@@H](C(F)F)C1. The molecule has 0 aromatic carbocycles. The van der Waals surface area contributed by atoms with Crippen molar-refractivity contribution in [2.75, 3.05) is 13.1 Å². The summed E-state index contributed by atoms with van der Waals surface area (Å²) >= 11 is 0. The monoisotopic (exact) mass is 207 g/mol. The van der Waals surface area contributed by atoms with E-state index in [-0.39, 0.29) is 6.54 Å². The summed E-state index contributed by atoms with van der Waals surface area (Å²) in [6, 6.07) is -0.598. The molecule has 0 aliphatic carbocycles. The zero-order valence-electron chi connectivity index (χ0n) is 8.12. The zero-order chi connectivity index (χ0) is 10.7. The van der Waals surface area contributed by atoms with Gasteiger partial charge in [0, 0.05) is 12.5 Å². The van der Waals surface area contributed by atoms with Crippen LogP contribution >= 0.6 is 0 Å². The van der Waals surface area contributed by atoms with E-state index in [4.69, 9.17) is 5.11 Å². The Kier molecular flexibility index (Phi) is 3.80.